The maximum Gasteiger partial charge on any atom is 0.354 e. The highest BCUT2D eigenvalue weighted by Crippen LogP contribution is 2.18. The summed E-state index contributed by atoms with van der Waals surface area (Å²) in [5.74, 6) is -0.911. The van der Waals surface area contributed by atoms with E-state index in [1.807, 2.05) is 6.92 Å². The number of rotatable bonds is 5. The van der Waals surface area contributed by atoms with Crippen molar-refractivity contribution in [3.63, 3.8) is 0 Å². The Morgan fingerprint density at radius 2 is 2.29 bits per heavy atom. The Labute approximate surface area is 101 Å². The van der Waals surface area contributed by atoms with E-state index < -0.39 is 5.97 Å². The molecule has 0 aliphatic heterocycles. The first-order valence-electron chi connectivity index (χ1n) is 6.24. The molecule has 0 bridgehead atoms. The lowest BCUT2D eigenvalue weighted by Gasteiger charge is -2.09. The van der Waals surface area contributed by atoms with E-state index >= 15 is 0 Å². The van der Waals surface area contributed by atoms with Gasteiger partial charge in [0.2, 0.25) is 0 Å². The molecule has 1 saturated carbocycles. The third kappa shape index (κ3) is 2.85. The number of carbonyl (C=O) groups is 1. The van der Waals surface area contributed by atoms with E-state index in [1.54, 1.807) is 6.07 Å². The zero-order chi connectivity index (χ0) is 12.3. The van der Waals surface area contributed by atoms with Gasteiger partial charge in [-0.05, 0) is 25.8 Å². The van der Waals surface area contributed by atoms with Crippen molar-refractivity contribution >= 4 is 5.97 Å². The molecule has 1 fully saturated rings. The van der Waals surface area contributed by atoms with Crippen LogP contribution in [-0.4, -0.2) is 26.9 Å². The molecule has 5 nitrogen and oxygen atoms in total. The summed E-state index contributed by atoms with van der Waals surface area (Å²) in [4.78, 5) is 11.0. The molecule has 0 amide bonds. The summed E-state index contributed by atoms with van der Waals surface area (Å²) >= 11 is 0. The molecule has 1 aliphatic carbocycles. The predicted molar refractivity (Wildman–Crippen MR) is 64.0 cm³/mol. The molecule has 1 aromatic rings. The minimum absolute atomic E-state index is 0.274. The van der Waals surface area contributed by atoms with Crippen molar-refractivity contribution in [2.24, 2.45) is 0 Å². The Morgan fingerprint density at radius 1 is 1.59 bits per heavy atom. The van der Waals surface area contributed by atoms with Gasteiger partial charge in [0, 0.05) is 19.1 Å². The van der Waals surface area contributed by atoms with Gasteiger partial charge in [-0.1, -0.05) is 12.8 Å². The van der Waals surface area contributed by atoms with Gasteiger partial charge < -0.3 is 10.4 Å². The summed E-state index contributed by atoms with van der Waals surface area (Å²) in [5.41, 5.74) is 1.09. The van der Waals surface area contributed by atoms with Crippen LogP contribution < -0.4 is 5.32 Å². The van der Waals surface area contributed by atoms with Crippen LogP contribution in [0.5, 0.6) is 0 Å². The van der Waals surface area contributed by atoms with E-state index in [0.29, 0.717) is 19.1 Å². The molecule has 2 rings (SSSR count). The molecule has 2 N–H and O–H groups in total. The number of aromatic nitrogens is 2. The number of nitrogens with zero attached hydrogens (tertiary/aromatic N) is 2. The van der Waals surface area contributed by atoms with Gasteiger partial charge in [0.15, 0.2) is 0 Å². The van der Waals surface area contributed by atoms with Gasteiger partial charge in [-0.15, -0.1) is 0 Å². The van der Waals surface area contributed by atoms with Crippen molar-refractivity contribution in [3.8, 4) is 0 Å². The highest BCUT2D eigenvalue weighted by molar-refractivity contribution is 5.85. The average molecular weight is 237 g/mol. The van der Waals surface area contributed by atoms with Crippen LogP contribution in [0.15, 0.2) is 6.07 Å². The first kappa shape index (κ1) is 12.1. The Hall–Kier alpha value is -1.36. The first-order chi connectivity index (χ1) is 8.20. The van der Waals surface area contributed by atoms with Gasteiger partial charge >= 0.3 is 5.97 Å². The SMILES string of the molecule is CCn1nc(CNC2CCCC2)cc1C(=O)O. The summed E-state index contributed by atoms with van der Waals surface area (Å²) in [6.07, 6.45) is 5.03. The lowest BCUT2D eigenvalue weighted by atomic mass is 10.2. The van der Waals surface area contributed by atoms with Crippen molar-refractivity contribution in [1.82, 2.24) is 15.1 Å². The zero-order valence-electron chi connectivity index (χ0n) is 10.1. The average Bonchev–Trinajstić information content (AvgIpc) is 2.95. The van der Waals surface area contributed by atoms with E-state index in [9.17, 15) is 4.79 Å². The molecule has 17 heavy (non-hydrogen) atoms. The Balaban J connectivity index is 1.98. The fourth-order valence-corrected chi connectivity index (χ4v) is 2.35. The van der Waals surface area contributed by atoms with Crippen molar-refractivity contribution in [3.05, 3.63) is 17.5 Å². The predicted octanol–water partition coefficient (Wildman–Crippen LogP) is 1.63. The normalized spacial score (nSPS) is 16.5. The zero-order valence-corrected chi connectivity index (χ0v) is 10.1. The van der Waals surface area contributed by atoms with Gasteiger partial charge in [0.1, 0.15) is 5.69 Å². The minimum atomic E-state index is -0.911. The van der Waals surface area contributed by atoms with Gasteiger partial charge in [-0.2, -0.15) is 5.10 Å². The molecule has 0 aromatic carbocycles. The number of hydrogen-bond acceptors (Lipinski definition) is 3. The van der Waals surface area contributed by atoms with Gasteiger partial charge in [-0.25, -0.2) is 4.79 Å². The Bertz CT molecular complexity index is 394. The van der Waals surface area contributed by atoms with Crippen LogP contribution in [0.25, 0.3) is 0 Å². The topological polar surface area (TPSA) is 67.2 Å². The standard InChI is InChI=1S/C12H19N3O2/c1-2-15-11(12(16)17)7-10(14-15)8-13-9-5-3-4-6-9/h7,9,13H,2-6,8H2,1H3,(H,16,17). The molecular formula is C12H19N3O2. The highest BCUT2D eigenvalue weighted by atomic mass is 16.4. The number of nitrogens with one attached hydrogen (secondary N) is 1. The quantitative estimate of drug-likeness (QED) is 0.817. The Kier molecular flexibility index (Phi) is 3.78. The van der Waals surface area contributed by atoms with Crippen molar-refractivity contribution in [2.45, 2.75) is 51.7 Å². The number of hydrogen-bond donors (Lipinski definition) is 2. The first-order valence-corrected chi connectivity index (χ1v) is 6.24. The van der Waals surface area contributed by atoms with E-state index in [0.717, 1.165) is 5.69 Å². The summed E-state index contributed by atoms with van der Waals surface area (Å²) in [5, 5.41) is 16.7. The molecule has 1 aromatic heterocycles. The van der Waals surface area contributed by atoms with Crippen molar-refractivity contribution in [2.75, 3.05) is 0 Å². The van der Waals surface area contributed by atoms with E-state index in [2.05, 4.69) is 10.4 Å². The van der Waals surface area contributed by atoms with Crippen molar-refractivity contribution < 1.29 is 9.90 Å². The van der Waals surface area contributed by atoms with Gasteiger partial charge in [0.25, 0.3) is 0 Å². The molecule has 0 unspecified atom stereocenters. The molecule has 0 atom stereocenters. The van der Waals surface area contributed by atoms with E-state index in [1.165, 1.54) is 30.4 Å². The maximum atomic E-state index is 11.0. The minimum Gasteiger partial charge on any atom is -0.477 e. The second kappa shape index (κ2) is 5.31. The fourth-order valence-electron chi connectivity index (χ4n) is 2.35. The number of aryl methyl sites for hydroxylation is 1. The van der Waals surface area contributed by atoms with Crippen LogP contribution in [0.4, 0.5) is 0 Å². The van der Waals surface area contributed by atoms with Crippen LogP contribution in [0, 0.1) is 0 Å². The summed E-state index contributed by atoms with van der Waals surface area (Å²) in [6, 6.07) is 2.24. The van der Waals surface area contributed by atoms with Gasteiger partial charge in [0.05, 0.1) is 5.69 Å². The highest BCUT2D eigenvalue weighted by Gasteiger charge is 2.16. The molecule has 0 spiro atoms. The third-order valence-corrected chi connectivity index (χ3v) is 3.28. The largest absolute Gasteiger partial charge is 0.477 e. The molecular weight excluding hydrogens is 218 g/mol. The van der Waals surface area contributed by atoms with Crippen LogP contribution in [0.1, 0.15) is 48.8 Å². The summed E-state index contributed by atoms with van der Waals surface area (Å²) in [7, 11) is 0. The number of carboxylic acids is 1. The van der Waals surface area contributed by atoms with Crippen molar-refractivity contribution in [1.29, 1.82) is 0 Å². The second-order valence-electron chi connectivity index (χ2n) is 4.50. The van der Waals surface area contributed by atoms with Crippen LogP contribution in [-0.2, 0) is 13.1 Å². The van der Waals surface area contributed by atoms with Gasteiger partial charge in [-0.3, -0.25) is 4.68 Å². The fraction of sp³-hybridized carbons (Fsp3) is 0.667. The molecule has 0 radical (unpaired) electrons. The molecule has 5 heteroatoms. The lowest BCUT2D eigenvalue weighted by molar-refractivity contribution is 0.0683. The van der Waals surface area contributed by atoms with Crippen LogP contribution in [0.2, 0.25) is 0 Å². The van der Waals surface area contributed by atoms with E-state index in [4.69, 9.17) is 5.11 Å². The summed E-state index contributed by atoms with van der Waals surface area (Å²) in [6.45, 7) is 3.15. The molecule has 0 saturated heterocycles. The second-order valence-corrected chi connectivity index (χ2v) is 4.50. The Morgan fingerprint density at radius 3 is 2.82 bits per heavy atom. The van der Waals surface area contributed by atoms with E-state index in [-0.39, 0.29) is 5.69 Å². The maximum absolute atomic E-state index is 11.0. The smallest absolute Gasteiger partial charge is 0.354 e. The third-order valence-electron chi connectivity index (χ3n) is 3.28. The molecule has 1 heterocycles. The monoisotopic (exact) mass is 237 g/mol. The molecule has 1 aliphatic rings. The number of carboxylic acid groups (broad SMARTS) is 1. The lowest BCUT2D eigenvalue weighted by Crippen LogP contribution is -2.25. The van der Waals surface area contributed by atoms with Crippen LogP contribution in [0.3, 0.4) is 0 Å². The molecule has 94 valence electrons. The summed E-state index contributed by atoms with van der Waals surface area (Å²) < 4.78 is 1.54. The number of aromatic carboxylic acids is 1. The van der Waals surface area contributed by atoms with Crippen LogP contribution >= 0.6 is 0 Å².